The molecule has 2 aliphatic carbocycles. The summed E-state index contributed by atoms with van der Waals surface area (Å²) in [5, 5.41) is 5.66. The fourth-order valence-corrected chi connectivity index (χ4v) is 8.45. The van der Waals surface area contributed by atoms with Crippen LogP contribution in [0.15, 0.2) is 48.9 Å². The van der Waals surface area contributed by atoms with Gasteiger partial charge in [0.2, 0.25) is 27.7 Å². The van der Waals surface area contributed by atoms with Crippen molar-refractivity contribution < 1.29 is 36.7 Å². The molecule has 4 aliphatic rings. The molecule has 3 N–H and O–H groups in total. The van der Waals surface area contributed by atoms with E-state index in [4.69, 9.17) is 4.74 Å². The molecule has 1 aromatic carbocycles. The monoisotopic (exact) mass is 762 g/mol. The number of nitrogens with one attached hydrogen (secondary N) is 3. The van der Waals surface area contributed by atoms with E-state index >= 15 is 0 Å². The van der Waals surface area contributed by atoms with Crippen molar-refractivity contribution in [2.24, 2.45) is 5.92 Å². The number of halogens is 1. The van der Waals surface area contributed by atoms with Gasteiger partial charge in [-0.2, -0.15) is 0 Å². The predicted octanol–water partition coefficient (Wildman–Crippen LogP) is 2.66. The van der Waals surface area contributed by atoms with E-state index in [1.165, 1.54) is 41.7 Å². The smallest absolute Gasteiger partial charge is 0.270 e. The third-order valence-corrected chi connectivity index (χ3v) is 13.0. The number of ether oxygens (including phenoxy) is 1. The lowest BCUT2D eigenvalue weighted by Gasteiger charge is -2.30. The molecule has 1 saturated heterocycles. The van der Waals surface area contributed by atoms with Gasteiger partial charge in [-0.15, -0.1) is 0 Å². The summed E-state index contributed by atoms with van der Waals surface area (Å²) in [5.41, 5.74) is -0.239. The normalized spacial score (nSPS) is 26.8. The molecule has 4 heterocycles. The van der Waals surface area contributed by atoms with Gasteiger partial charge in [-0.1, -0.05) is 31.9 Å². The van der Waals surface area contributed by atoms with Crippen LogP contribution in [0.3, 0.4) is 0 Å². The highest BCUT2D eigenvalue weighted by Crippen LogP contribution is 2.47. The summed E-state index contributed by atoms with van der Waals surface area (Å²) in [7, 11) is -4.01. The Labute approximate surface area is 312 Å². The predicted molar refractivity (Wildman–Crippen MR) is 193 cm³/mol. The first-order valence-corrected chi connectivity index (χ1v) is 19.9. The molecule has 3 aromatic rings. The minimum Gasteiger partial charge on any atom is -0.471 e. The number of aryl methyl sites for hydroxylation is 1. The highest BCUT2D eigenvalue weighted by molar-refractivity contribution is 7.91. The van der Waals surface area contributed by atoms with E-state index in [0.29, 0.717) is 43.3 Å². The zero-order valence-corrected chi connectivity index (χ0v) is 30.9. The van der Waals surface area contributed by atoms with Crippen LogP contribution >= 0.6 is 0 Å². The number of fused-ring (bicyclic) bond motifs is 3. The molecule has 0 bridgehead atoms. The van der Waals surface area contributed by atoms with E-state index in [0.717, 1.165) is 12.8 Å². The Morgan fingerprint density at radius 2 is 1.93 bits per heavy atom. The number of carbonyl (C=O) groups excluding carboxylic acids is 4. The van der Waals surface area contributed by atoms with Gasteiger partial charge >= 0.3 is 0 Å². The fourth-order valence-electron chi connectivity index (χ4n) is 7.13. The second kappa shape index (κ2) is 14.6. The lowest BCUT2D eigenvalue weighted by Crippen LogP contribution is -2.58. The van der Waals surface area contributed by atoms with Crippen LogP contribution in [0.25, 0.3) is 11.0 Å². The van der Waals surface area contributed by atoms with Crippen molar-refractivity contribution in [3.05, 3.63) is 66.1 Å². The molecule has 286 valence electrons. The van der Waals surface area contributed by atoms with E-state index in [-0.39, 0.29) is 42.9 Å². The van der Waals surface area contributed by atoms with Crippen LogP contribution in [0, 0.1) is 11.7 Å². The molecule has 5 atom stereocenters. The number of nitrogens with zero attached hydrogens (tertiary/aromatic N) is 5. The van der Waals surface area contributed by atoms with Gasteiger partial charge in [-0.05, 0) is 70.1 Å². The molecule has 4 amide bonds. The van der Waals surface area contributed by atoms with Crippen molar-refractivity contribution in [2.45, 2.75) is 107 Å². The number of hydrogen-bond donors (Lipinski definition) is 3. The van der Waals surface area contributed by atoms with Crippen LogP contribution in [-0.2, 0) is 30.8 Å². The Hall–Kier alpha value is -5.06. The van der Waals surface area contributed by atoms with Crippen LogP contribution in [0.2, 0.25) is 0 Å². The van der Waals surface area contributed by atoms with Gasteiger partial charge in [-0.3, -0.25) is 23.9 Å². The third kappa shape index (κ3) is 7.50. The molecule has 3 fully saturated rings. The molecule has 54 heavy (non-hydrogen) atoms. The Morgan fingerprint density at radius 1 is 1.11 bits per heavy atom. The van der Waals surface area contributed by atoms with Gasteiger partial charge in [0.05, 0.1) is 22.3 Å². The number of carbonyl (C=O) groups is 4. The zero-order chi connectivity index (χ0) is 38.3. The van der Waals surface area contributed by atoms with E-state index in [1.807, 2.05) is 19.1 Å². The molecule has 2 aliphatic heterocycles. The van der Waals surface area contributed by atoms with Gasteiger partial charge in [-0.25, -0.2) is 32.7 Å². The molecule has 2 aromatic heterocycles. The SMILES string of the molecule is CCc1nc2ccc(F)cc2nc1O[C@@H]1C[C@H]2C(=O)N[C@]3(C(=O)NS(=O)(=O)C4(C)CC4)C[C@H]3C=CCCCCC[C@H](NC(=O)c3ccncn3)C(=O)N2C1. The number of allylic oxidation sites excluding steroid dienone is 1. The summed E-state index contributed by atoms with van der Waals surface area (Å²) < 4.78 is 47.9. The highest BCUT2D eigenvalue weighted by atomic mass is 32.2. The molecular formula is C37H43FN8O7S. The topological polar surface area (TPSA) is 203 Å². The molecule has 0 radical (unpaired) electrons. The molecule has 2 saturated carbocycles. The summed E-state index contributed by atoms with van der Waals surface area (Å²) in [6.45, 7) is 3.35. The molecule has 17 heteroatoms. The van der Waals surface area contributed by atoms with Crippen LogP contribution in [0.1, 0.15) is 87.8 Å². The van der Waals surface area contributed by atoms with Gasteiger partial charge in [0.25, 0.3) is 11.8 Å². The molecular weight excluding hydrogens is 720 g/mol. The Morgan fingerprint density at radius 3 is 2.67 bits per heavy atom. The van der Waals surface area contributed by atoms with E-state index in [9.17, 15) is 32.0 Å². The number of benzene rings is 1. The summed E-state index contributed by atoms with van der Waals surface area (Å²) >= 11 is 0. The first-order valence-electron chi connectivity index (χ1n) is 18.4. The largest absolute Gasteiger partial charge is 0.471 e. The van der Waals surface area contributed by atoms with Crippen LogP contribution in [0.4, 0.5) is 4.39 Å². The second-order valence-electron chi connectivity index (χ2n) is 14.8. The fraction of sp³-hybridized carbons (Fsp3) is 0.514. The van der Waals surface area contributed by atoms with Crippen LogP contribution in [-0.4, -0.2) is 91.9 Å². The van der Waals surface area contributed by atoms with Gasteiger partial charge < -0.3 is 20.3 Å². The van der Waals surface area contributed by atoms with Gasteiger partial charge in [0.1, 0.15) is 47.3 Å². The summed E-state index contributed by atoms with van der Waals surface area (Å²) in [5.74, 6) is -3.45. The second-order valence-corrected chi connectivity index (χ2v) is 17.0. The van der Waals surface area contributed by atoms with Crippen LogP contribution in [0.5, 0.6) is 5.88 Å². The maximum atomic E-state index is 14.5. The molecule has 0 unspecified atom stereocenters. The first kappa shape index (κ1) is 37.3. The van der Waals surface area contributed by atoms with Crippen LogP contribution < -0.4 is 20.1 Å². The van der Waals surface area contributed by atoms with Crippen molar-refractivity contribution in [3.8, 4) is 5.88 Å². The summed E-state index contributed by atoms with van der Waals surface area (Å²) in [6.07, 6.45) is 10.1. The van der Waals surface area contributed by atoms with E-state index in [1.54, 1.807) is 6.92 Å². The highest BCUT2D eigenvalue weighted by Gasteiger charge is 2.63. The van der Waals surface area contributed by atoms with Crippen molar-refractivity contribution >= 4 is 44.7 Å². The van der Waals surface area contributed by atoms with Crippen molar-refractivity contribution in [1.82, 2.24) is 40.2 Å². The number of aromatic nitrogens is 4. The van der Waals surface area contributed by atoms with Gasteiger partial charge in [0.15, 0.2) is 0 Å². The maximum absolute atomic E-state index is 14.5. The van der Waals surface area contributed by atoms with Crippen molar-refractivity contribution in [3.63, 3.8) is 0 Å². The van der Waals surface area contributed by atoms with E-state index < -0.39 is 73.9 Å². The van der Waals surface area contributed by atoms with Crippen molar-refractivity contribution in [2.75, 3.05) is 6.54 Å². The molecule has 15 nitrogen and oxygen atoms in total. The quantitative estimate of drug-likeness (QED) is 0.285. The van der Waals surface area contributed by atoms with E-state index in [2.05, 4.69) is 35.3 Å². The number of hydrogen-bond acceptors (Lipinski definition) is 11. The lowest BCUT2D eigenvalue weighted by atomic mass is 10.0. The third-order valence-electron chi connectivity index (χ3n) is 10.9. The molecule has 7 rings (SSSR count). The minimum atomic E-state index is -4.01. The summed E-state index contributed by atoms with van der Waals surface area (Å²) in [6, 6.07) is 3.27. The Kier molecular flexibility index (Phi) is 10.1. The number of amides is 4. The standard InChI is InChI=1S/C37H43FN8O7S/c1-3-25-33(43-29-17-23(38)11-12-26(29)41-25)53-24-18-30-32(48)44-37(35(50)45-54(51,52)36(2)14-15-36)19-22(37)9-7-5-4-6-8-10-28(34(49)46(30)20-24)42-31(47)27-13-16-39-21-40-27/h7,9,11-13,16-17,21-22,24,28,30H,3-6,8,10,14-15,18-20H2,1-2H3,(H,42,47)(H,44,48)(H,45,50)/t22-,24-,28+,30+,37-/m1/s1. The average Bonchev–Trinajstić information content (AvgIpc) is 4.03. The lowest BCUT2D eigenvalue weighted by molar-refractivity contribution is -0.141. The van der Waals surface area contributed by atoms with Gasteiger partial charge in [0, 0.05) is 24.6 Å². The Bertz CT molecular complexity index is 2120. The number of sulfonamides is 1. The first-order chi connectivity index (χ1) is 25.8. The Balaban J connectivity index is 1.21. The number of rotatable bonds is 8. The maximum Gasteiger partial charge on any atom is 0.270 e. The molecule has 0 spiro atoms. The average molecular weight is 763 g/mol. The van der Waals surface area contributed by atoms with Crippen molar-refractivity contribution in [1.29, 1.82) is 0 Å². The zero-order valence-electron chi connectivity index (χ0n) is 30.1. The minimum absolute atomic E-state index is 0.0231. The summed E-state index contributed by atoms with van der Waals surface area (Å²) in [4.78, 5) is 74.3.